The molecule has 4 aliphatic rings. The van der Waals surface area contributed by atoms with Crippen LogP contribution >= 0.6 is 47.1 Å². The maximum atomic E-state index is 11.8. The molecule has 0 spiro atoms. The first-order valence-corrected chi connectivity index (χ1v) is 16.1. The lowest BCUT2D eigenvalue weighted by Gasteiger charge is -2.09. The number of carboxylic acids is 1. The van der Waals surface area contributed by atoms with Gasteiger partial charge in [-0.3, -0.25) is 18.7 Å². The number of esters is 1. The summed E-state index contributed by atoms with van der Waals surface area (Å²) in [7, 11) is 1.44. The molecule has 0 saturated carbocycles. The number of nitrogens with one attached hydrogen (secondary N) is 2. The highest BCUT2D eigenvalue weighted by molar-refractivity contribution is 7.81. The van der Waals surface area contributed by atoms with Gasteiger partial charge < -0.3 is 20.5 Å². The fourth-order valence-corrected chi connectivity index (χ4v) is 9.88. The number of rotatable bonds is 2. The lowest BCUT2D eigenvalue weighted by Crippen LogP contribution is -2.22. The van der Waals surface area contributed by atoms with Crippen molar-refractivity contribution in [3.63, 3.8) is 0 Å². The molecule has 16 heteroatoms. The number of thiophene rings is 2. The van der Waals surface area contributed by atoms with Crippen LogP contribution in [0, 0.1) is 25.7 Å². The summed E-state index contributed by atoms with van der Waals surface area (Å²) in [5.41, 5.74) is 4.26. The number of hydrogen-bond donors (Lipinski definition) is 3. The predicted octanol–water partition coefficient (Wildman–Crippen LogP) is 2.52. The lowest BCUT2D eigenvalue weighted by atomic mass is 10.1. The maximum absolute atomic E-state index is 11.8. The van der Waals surface area contributed by atoms with Crippen LogP contribution < -0.4 is 10.6 Å². The summed E-state index contributed by atoms with van der Waals surface area (Å²) in [6.07, 6.45) is 2.54. The number of aryl methyl sites for hydroxylation is 2. The summed E-state index contributed by atoms with van der Waals surface area (Å²) in [4.78, 5) is 26.8. The van der Waals surface area contributed by atoms with Crippen molar-refractivity contribution in [2.45, 2.75) is 52.6 Å². The summed E-state index contributed by atoms with van der Waals surface area (Å²) >= 11 is 14.3. The van der Waals surface area contributed by atoms with E-state index in [-0.39, 0.29) is 17.8 Å². The number of carboxylic acid groups (broad SMARTS) is 1. The Morgan fingerprint density at radius 1 is 0.814 bits per heavy atom. The van der Waals surface area contributed by atoms with E-state index in [0.29, 0.717) is 37.3 Å². The number of thiocarbonyl (C=S) groups is 2. The first-order chi connectivity index (χ1) is 20.7. The largest absolute Gasteiger partial charge is 0.481 e. The van der Waals surface area contributed by atoms with E-state index in [4.69, 9.17) is 29.2 Å². The van der Waals surface area contributed by atoms with E-state index in [2.05, 4.69) is 35.6 Å². The quantitative estimate of drug-likeness (QED) is 0.215. The van der Waals surface area contributed by atoms with Gasteiger partial charge in [-0.1, -0.05) is 24.4 Å². The van der Waals surface area contributed by atoms with Gasteiger partial charge in [0.05, 0.1) is 32.0 Å². The van der Waals surface area contributed by atoms with Gasteiger partial charge in [-0.2, -0.15) is 0 Å². The molecule has 0 radical (unpaired) electrons. The van der Waals surface area contributed by atoms with Gasteiger partial charge in [-0.05, 0) is 50.7 Å². The molecule has 2 aliphatic heterocycles. The SMILES string of the molecule is COC(=O)C1Cc2sc3c(c2C1)C(=S)NCc1nnc(C)n1-3.Cc1nnc2n1-c1sc3c(c1C(=S)NC2)CC(C(=O)O)C3. The van der Waals surface area contributed by atoms with Crippen LogP contribution in [-0.2, 0) is 53.1 Å². The number of methoxy groups -OCH3 is 1. The third-order valence-corrected chi connectivity index (χ3v) is 11.4. The molecule has 222 valence electrons. The highest BCUT2D eigenvalue weighted by Crippen LogP contribution is 2.43. The molecule has 3 N–H and O–H groups in total. The van der Waals surface area contributed by atoms with Crippen LogP contribution in [0.2, 0.25) is 0 Å². The third kappa shape index (κ3) is 4.49. The molecule has 6 heterocycles. The first kappa shape index (κ1) is 28.2. The van der Waals surface area contributed by atoms with E-state index >= 15 is 0 Å². The monoisotopic (exact) mass is 654 g/mol. The minimum Gasteiger partial charge on any atom is -0.481 e. The van der Waals surface area contributed by atoms with E-state index in [1.54, 1.807) is 22.7 Å². The van der Waals surface area contributed by atoms with Crippen LogP contribution in [0.15, 0.2) is 0 Å². The van der Waals surface area contributed by atoms with Gasteiger partial charge in [0.15, 0.2) is 11.6 Å². The number of aliphatic carboxylic acids is 1. The summed E-state index contributed by atoms with van der Waals surface area (Å²) in [6.45, 7) is 4.96. The Balaban J connectivity index is 0.000000140. The molecule has 8 rings (SSSR count). The zero-order valence-electron chi connectivity index (χ0n) is 23.4. The topological polar surface area (TPSA) is 149 Å². The molecule has 0 fully saturated rings. The number of aromatic nitrogens is 6. The van der Waals surface area contributed by atoms with E-state index in [1.165, 1.54) is 17.6 Å². The highest BCUT2D eigenvalue weighted by atomic mass is 32.1. The van der Waals surface area contributed by atoms with Gasteiger partial charge in [0.25, 0.3) is 0 Å². The Morgan fingerprint density at radius 2 is 1.28 bits per heavy atom. The van der Waals surface area contributed by atoms with Gasteiger partial charge in [0.2, 0.25) is 0 Å². The zero-order valence-corrected chi connectivity index (χ0v) is 26.7. The van der Waals surface area contributed by atoms with Crippen LogP contribution in [0.3, 0.4) is 0 Å². The van der Waals surface area contributed by atoms with Gasteiger partial charge in [-0.25, -0.2) is 0 Å². The number of carbonyl (C=O) groups is 2. The fraction of sp³-hybridized carbons (Fsp3) is 0.407. The lowest BCUT2D eigenvalue weighted by molar-refractivity contribution is -0.145. The molecule has 2 atom stereocenters. The average Bonchev–Trinajstić information content (AvgIpc) is 3.79. The Bertz CT molecular complexity index is 1870. The molecule has 0 aromatic carbocycles. The van der Waals surface area contributed by atoms with Crippen molar-refractivity contribution < 1.29 is 19.4 Å². The van der Waals surface area contributed by atoms with Gasteiger partial charge in [-0.15, -0.1) is 43.1 Å². The highest BCUT2D eigenvalue weighted by Gasteiger charge is 2.37. The summed E-state index contributed by atoms with van der Waals surface area (Å²) in [5, 5.41) is 34.5. The van der Waals surface area contributed by atoms with Gasteiger partial charge in [0.1, 0.15) is 31.6 Å². The third-order valence-electron chi connectivity index (χ3n) is 8.25. The number of fused-ring (bicyclic) bond motifs is 10. The molecule has 0 amide bonds. The summed E-state index contributed by atoms with van der Waals surface area (Å²) in [6, 6.07) is 0. The van der Waals surface area contributed by atoms with Crippen molar-refractivity contribution in [2.24, 2.45) is 11.8 Å². The molecule has 0 saturated heterocycles. The van der Waals surface area contributed by atoms with Crippen molar-refractivity contribution in [1.82, 2.24) is 40.2 Å². The fourth-order valence-electron chi connectivity index (χ4n) is 6.20. The number of ether oxygens (including phenoxy) is 1. The zero-order chi connectivity index (χ0) is 30.2. The number of nitrogens with zero attached hydrogens (tertiary/aromatic N) is 6. The minimum atomic E-state index is -0.735. The molecule has 2 aliphatic carbocycles. The Kier molecular flexibility index (Phi) is 6.91. The molecule has 4 aromatic heterocycles. The average molecular weight is 655 g/mol. The molecular weight excluding hydrogens is 629 g/mol. The minimum absolute atomic E-state index is 0.0934. The Hall–Kier alpha value is -3.60. The van der Waals surface area contributed by atoms with Crippen LogP contribution in [0.25, 0.3) is 10.0 Å². The van der Waals surface area contributed by atoms with Crippen LogP contribution in [0.4, 0.5) is 0 Å². The maximum Gasteiger partial charge on any atom is 0.309 e. The molecule has 0 bridgehead atoms. The first-order valence-electron chi connectivity index (χ1n) is 13.6. The summed E-state index contributed by atoms with van der Waals surface area (Å²) in [5.74, 6) is 2.07. The molecule has 2 unspecified atom stereocenters. The van der Waals surface area contributed by atoms with Crippen LogP contribution in [-0.4, -0.2) is 63.7 Å². The van der Waals surface area contributed by atoms with Crippen molar-refractivity contribution in [3.8, 4) is 10.0 Å². The standard InChI is InChI=1S/C14H14N4O2S2.C13H12N4O2S2/c1-6-16-17-10-5-15-12(21)11-8-3-7(14(19)20-2)4-9(8)22-13(11)18(6)10;1-5-15-16-9-4-14-11(20)10-7-2-6(13(18)19)3-8(7)21-12(10)17(5)9/h7H,3-5H2,1-2H3,(H,15,21);6H,2-4H2,1H3,(H,14,20)(H,18,19). The molecule has 12 nitrogen and oxygen atoms in total. The second-order valence-corrected chi connectivity index (χ2v) is 13.8. The van der Waals surface area contributed by atoms with Gasteiger partial charge in [0, 0.05) is 20.9 Å². The normalized spacial score (nSPS) is 19.2. The van der Waals surface area contributed by atoms with E-state index in [0.717, 1.165) is 66.3 Å². The van der Waals surface area contributed by atoms with Crippen molar-refractivity contribution in [3.05, 3.63) is 55.3 Å². The van der Waals surface area contributed by atoms with Crippen molar-refractivity contribution in [2.75, 3.05) is 7.11 Å². The second kappa shape index (κ2) is 10.5. The molecular formula is C27H26N8O4S4. The van der Waals surface area contributed by atoms with E-state index in [1.807, 2.05) is 18.4 Å². The molecule has 43 heavy (non-hydrogen) atoms. The molecule has 4 aromatic rings. The van der Waals surface area contributed by atoms with Crippen LogP contribution in [0.1, 0.15) is 55.3 Å². The second-order valence-electron chi connectivity index (χ2n) is 10.8. The predicted molar refractivity (Wildman–Crippen MR) is 166 cm³/mol. The summed E-state index contributed by atoms with van der Waals surface area (Å²) < 4.78 is 8.98. The van der Waals surface area contributed by atoms with Crippen LogP contribution in [0.5, 0.6) is 0 Å². The van der Waals surface area contributed by atoms with Gasteiger partial charge >= 0.3 is 11.9 Å². The Labute approximate surface area is 264 Å². The smallest absolute Gasteiger partial charge is 0.309 e. The number of hydrogen-bond acceptors (Lipinski definition) is 11. The van der Waals surface area contributed by atoms with Crippen molar-refractivity contribution in [1.29, 1.82) is 0 Å². The Morgan fingerprint density at radius 3 is 1.74 bits per heavy atom. The number of carbonyl (C=O) groups excluding carboxylic acids is 1. The van der Waals surface area contributed by atoms with E-state index < -0.39 is 5.97 Å². The van der Waals surface area contributed by atoms with E-state index in [9.17, 15) is 14.7 Å². The van der Waals surface area contributed by atoms with Crippen molar-refractivity contribution >= 4 is 69.0 Å².